The molecule has 0 unspecified atom stereocenters. The third-order valence-electron chi connectivity index (χ3n) is 2.77. The van der Waals surface area contributed by atoms with E-state index in [1.807, 2.05) is 6.92 Å². The first-order chi connectivity index (χ1) is 10.0. The molecule has 0 aliphatic heterocycles. The Morgan fingerprint density at radius 2 is 1.95 bits per heavy atom. The highest BCUT2D eigenvalue weighted by Gasteiger charge is 2.11. The molecule has 0 radical (unpaired) electrons. The molecule has 0 bridgehead atoms. The third-order valence-corrected chi connectivity index (χ3v) is 3.82. The lowest BCUT2D eigenvalue weighted by atomic mass is 10.2. The Bertz CT molecular complexity index is 652. The lowest BCUT2D eigenvalue weighted by Crippen LogP contribution is -2.05. The maximum absolute atomic E-state index is 13.7. The minimum atomic E-state index is -0.314. The van der Waals surface area contributed by atoms with Gasteiger partial charge in [-0.2, -0.15) is 0 Å². The van der Waals surface area contributed by atoms with Crippen LogP contribution in [0.15, 0.2) is 34.8 Å². The molecule has 0 saturated heterocycles. The number of rotatable bonds is 5. The molecule has 0 saturated carbocycles. The molecule has 0 atom stereocenters. The van der Waals surface area contributed by atoms with Gasteiger partial charge in [0.1, 0.15) is 5.82 Å². The number of ether oxygens (including phenoxy) is 1. The maximum atomic E-state index is 13.7. The van der Waals surface area contributed by atoms with E-state index in [4.69, 9.17) is 27.9 Å². The van der Waals surface area contributed by atoms with Gasteiger partial charge in [-0.05, 0) is 53.2 Å². The molecule has 112 valence electrons. The fourth-order valence-electron chi connectivity index (χ4n) is 1.85. The molecule has 2 aromatic rings. The van der Waals surface area contributed by atoms with Gasteiger partial charge in [0.2, 0.25) is 0 Å². The van der Waals surface area contributed by atoms with Crippen LogP contribution in [0.2, 0.25) is 10.0 Å². The summed E-state index contributed by atoms with van der Waals surface area (Å²) in [7, 11) is 0. The zero-order valence-corrected chi connectivity index (χ0v) is 14.3. The summed E-state index contributed by atoms with van der Waals surface area (Å²) < 4.78 is 20.0. The normalized spacial score (nSPS) is 10.5. The summed E-state index contributed by atoms with van der Waals surface area (Å²) in [6, 6.07) is 7.93. The third kappa shape index (κ3) is 4.25. The van der Waals surface area contributed by atoms with Crippen LogP contribution >= 0.6 is 39.1 Å². The molecule has 0 aliphatic carbocycles. The van der Waals surface area contributed by atoms with Crippen molar-refractivity contribution in [2.24, 2.45) is 0 Å². The average molecular weight is 393 g/mol. The van der Waals surface area contributed by atoms with Gasteiger partial charge in [0.15, 0.2) is 5.75 Å². The predicted molar refractivity (Wildman–Crippen MR) is 89.1 cm³/mol. The first-order valence-corrected chi connectivity index (χ1v) is 7.85. The minimum absolute atomic E-state index is 0.277. The van der Waals surface area contributed by atoms with Crippen LogP contribution in [0.1, 0.15) is 12.5 Å². The number of nitrogens with one attached hydrogen (secondary N) is 1. The van der Waals surface area contributed by atoms with Crippen LogP contribution in [0.3, 0.4) is 0 Å². The van der Waals surface area contributed by atoms with Crippen molar-refractivity contribution in [3.05, 3.63) is 56.2 Å². The summed E-state index contributed by atoms with van der Waals surface area (Å²) in [5, 5.41) is 4.17. The van der Waals surface area contributed by atoms with Gasteiger partial charge in [0.25, 0.3) is 0 Å². The van der Waals surface area contributed by atoms with Crippen molar-refractivity contribution >= 4 is 44.8 Å². The molecular weight excluding hydrogens is 380 g/mol. The number of hydrogen-bond acceptors (Lipinski definition) is 2. The zero-order valence-electron chi connectivity index (χ0n) is 11.2. The largest absolute Gasteiger partial charge is 0.491 e. The van der Waals surface area contributed by atoms with Gasteiger partial charge >= 0.3 is 0 Å². The molecule has 0 aromatic heterocycles. The average Bonchev–Trinajstić information content (AvgIpc) is 2.43. The van der Waals surface area contributed by atoms with Crippen LogP contribution in [0.5, 0.6) is 5.75 Å². The summed E-state index contributed by atoms with van der Waals surface area (Å²) in [4.78, 5) is 0. The lowest BCUT2D eigenvalue weighted by Gasteiger charge is -2.15. The number of hydrogen-bond donors (Lipinski definition) is 1. The monoisotopic (exact) mass is 391 g/mol. The summed E-state index contributed by atoms with van der Waals surface area (Å²) >= 11 is 15.3. The highest BCUT2D eigenvalue weighted by molar-refractivity contribution is 9.10. The SMILES string of the molecule is CCOc1c(Br)cc(Cl)cc1NCc1cc(Cl)ccc1F. The molecular formula is C15H13BrCl2FNO. The molecule has 21 heavy (non-hydrogen) atoms. The van der Waals surface area contributed by atoms with Gasteiger partial charge in [0.05, 0.1) is 16.8 Å². The topological polar surface area (TPSA) is 21.3 Å². The molecule has 2 nitrogen and oxygen atoms in total. The zero-order chi connectivity index (χ0) is 15.4. The number of anilines is 1. The highest BCUT2D eigenvalue weighted by atomic mass is 79.9. The fourth-order valence-corrected chi connectivity index (χ4v) is 2.97. The van der Waals surface area contributed by atoms with Crippen LogP contribution in [-0.2, 0) is 6.54 Å². The van der Waals surface area contributed by atoms with E-state index in [1.165, 1.54) is 12.1 Å². The Labute approximate surface area is 141 Å². The van der Waals surface area contributed by atoms with E-state index in [9.17, 15) is 4.39 Å². The van der Waals surface area contributed by atoms with Gasteiger partial charge in [-0.25, -0.2) is 4.39 Å². The number of halogens is 4. The summed E-state index contributed by atoms with van der Waals surface area (Å²) in [5.41, 5.74) is 1.16. The molecule has 0 amide bonds. The van der Waals surface area contributed by atoms with Crippen LogP contribution in [0.4, 0.5) is 10.1 Å². The molecule has 0 aliphatic rings. The van der Waals surface area contributed by atoms with E-state index in [1.54, 1.807) is 18.2 Å². The summed E-state index contributed by atoms with van der Waals surface area (Å²) in [6.07, 6.45) is 0. The van der Waals surface area contributed by atoms with Crippen LogP contribution in [0.25, 0.3) is 0 Å². The lowest BCUT2D eigenvalue weighted by molar-refractivity contribution is 0.339. The van der Waals surface area contributed by atoms with Crippen LogP contribution in [-0.4, -0.2) is 6.61 Å². The molecule has 0 fully saturated rings. The van der Waals surface area contributed by atoms with E-state index in [-0.39, 0.29) is 12.4 Å². The van der Waals surface area contributed by atoms with Crippen molar-refractivity contribution in [1.29, 1.82) is 0 Å². The highest BCUT2D eigenvalue weighted by Crippen LogP contribution is 2.37. The van der Waals surface area contributed by atoms with Crippen LogP contribution in [0, 0.1) is 5.82 Å². The summed E-state index contributed by atoms with van der Waals surface area (Å²) in [6.45, 7) is 2.68. The number of benzene rings is 2. The van der Waals surface area contributed by atoms with Crippen LogP contribution < -0.4 is 10.1 Å². The van der Waals surface area contributed by atoms with Crippen molar-refractivity contribution < 1.29 is 9.13 Å². The van der Waals surface area contributed by atoms with Gasteiger partial charge in [-0.3, -0.25) is 0 Å². The Hall–Kier alpha value is -0.970. The Morgan fingerprint density at radius 1 is 1.19 bits per heavy atom. The quantitative estimate of drug-likeness (QED) is 0.683. The first kappa shape index (κ1) is 16.4. The van der Waals surface area contributed by atoms with E-state index < -0.39 is 0 Å². The minimum Gasteiger partial charge on any atom is -0.491 e. The maximum Gasteiger partial charge on any atom is 0.156 e. The predicted octanol–water partition coefficient (Wildman–Crippen LogP) is 5.91. The molecule has 6 heteroatoms. The Morgan fingerprint density at radius 3 is 2.67 bits per heavy atom. The molecule has 1 N–H and O–H groups in total. The van der Waals surface area contributed by atoms with E-state index in [2.05, 4.69) is 21.2 Å². The first-order valence-electron chi connectivity index (χ1n) is 6.31. The van der Waals surface area contributed by atoms with Crippen molar-refractivity contribution in [2.75, 3.05) is 11.9 Å². The Balaban J connectivity index is 2.25. The van der Waals surface area contributed by atoms with E-state index in [0.29, 0.717) is 33.7 Å². The Kier molecular flexibility index (Phi) is 5.73. The van der Waals surface area contributed by atoms with Crippen molar-refractivity contribution in [3.8, 4) is 5.75 Å². The second-order valence-corrected chi connectivity index (χ2v) is 6.01. The van der Waals surface area contributed by atoms with E-state index in [0.717, 1.165) is 4.47 Å². The standard InChI is InChI=1S/C15H13BrCl2FNO/c1-2-21-15-12(16)6-11(18)7-14(15)20-8-9-5-10(17)3-4-13(9)19/h3-7,20H,2,8H2,1H3. The molecule has 0 heterocycles. The second kappa shape index (κ2) is 7.34. The molecule has 2 aromatic carbocycles. The molecule has 0 spiro atoms. The smallest absolute Gasteiger partial charge is 0.156 e. The second-order valence-electron chi connectivity index (χ2n) is 4.29. The van der Waals surface area contributed by atoms with Gasteiger partial charge in [-0.1, -0.05) is 23.2 Å². The van der Waals surface area contributed by atoms with Gasteiger partial charge in [-0.15, -0.1) is 0 Å². The van der Waals surface area contributed by atoms with Crippen molar-refractivity contribution in [3.63, 3.8) is 0 Å². The summed E-state index contributed by atoms with van der Waals surface area (Å²) in [5.74, 6) is 0.329. The fraction of sp³-hybridized carbons (Fsp3) is 0.200. The molecule has 2 rings (SSSR count). The van der Waals surface area contributed by atoms with Crippen molar-refractivity contribution in [2.45, 2.75) is 13.5 Å². The van der Waals surface area contributed by atoms with Gasteiger partial charge in [0, 0.05) is 22.2 Å². The van der Waals surface area contributed by atoms with Gasteiger partial charge < -0.3 is 10.1 Å². The van der Waals surface area contributed by atoms with E-state index >= 15 is 0 Å². The van der Waals surface area contributed by atoms with Crippen molar-refractivity contribution in [1.82, 2.24) is 0 Å².